The minimum absolute atomic E-state index is 0.0723. The Balaban J connectivity index is 1.73. The van der Waals surface area contributed by atoms with Gasteiger partial charge in [-0.05, 0) is 44.1 Å². The molecule has 1 aliphatic rings. The Morgan fingerprint density at radius 1 is 1.18 bits per heavy atom. The number of nitrogens with zero attached hydrogens (tertiary/aromatic N) is 3. The number of carbonyl (C=O) groups is 1. The summed E-state index contributed by atoms with van der Waals surface area (Å²) in [6.07, 6.45) is 4.74. The number of benzene rings is 1. The van der Waals surface area contributed by atoms with E-state index in [1.54, 1.807) is 18.2 Å². The van der Waals surface area contributed by atoms with E-state index in [1.165, 1.54) is 28.5 Å². The number of carbonyl (C=O) groups excluding carboxylic acids is 1. The van der Waals surface area contributed by atoms with Gasteiger partial charge in [-0.25, -0.2) is 13.4 Å². The number of hydrogen-bond acceptors (Lipinski definition) is 6. The van der Waals surface area contributed by atoms with Crippen LogP contribution in [-0.2, 0) is 14.8 Å². The molecule has 0 bridgehead atoms. The molecule has 7 nitrogen and oxygen atoms in total. The van der Waals surface area contributed by atoms with Crippen molar-refractivity contribution in [3.63, 3.8) is 0 Å². The van der Waals surface area contributed by atoms with E-state index in [9.17, 15) is 13.2 Å². The summed E-state index contributed by atoms with van der Waals surface area (Å²) in [6.45, 7) is 6.79. The first-order valence-electron chi connectivity index (χ1n) is 9.87. The van der Waals surface area contributed by atoms with E-state index < -0.39 is 10.0 Å². The van der Waals surface area contributed by atoms with Crippen molar-refractivity contribution in [2.45, 2.75) is 44.4 Å². The largest absolute Gasteiger partial charge is 0.301 e. The Morgan fingerprint density at radius 3 is 2.50 bits per heavy atom. The van der Waals surface area contributed by atoms with Crippen LogP contribution in [0.2, 0.25) is 0 Å². The summed E-state index contributed by atoms with van der Waals surface area (Å²) >= 11 is 1.30. The van der Waals surface area contributed by atoms with Gasteiger partial charge >= 0.3 is 0 Å². The molecule has 1 aliphatic heterocycles. The average Bonchev–Trinajstić information content (AvgIpc) is 2.87. The standard InChI is InChI=1S/C19H28N4O3S2/c1-3-23(4-2)28(25,26)15-9-10-16-17(13-15)27-19(20-16)21-18(24)14-22-11-7-5-6-8-12-22/h9-10,13H,3-8,11-12,14H2,1-2H3,(H,20,21,24). The normalized spacial score (nSPS) is 16.4. The summed E-state index contributed by atoms with van der Waals surface area (Å²) in [5, 5.41) is 3.38. The van der Waals surface area contributed by atoms with Crippen molar-refractivity contribution in [1.82, 2.24) is 14.2 Å². The van der Waals surface area contributed by atoms with E-state index >= 15 is 0 Å². The SMILES string of the molecule is CCN(CC)S(=O)(=O)c1ccc2nc(NC(=O)CN3CCCCCC3)sc2c1. The fourth-order valence-electron chi connectivity index (χ4n) is 3.49. The number of nitrogens with one attached hydrogen (secondary N) is 1. The highest BCUT2D eigenvalue weighted by atomic mass is 32.2. The van der Waals surface area contributed by atoms with Crippen molar-refractivity contribution < 1.29 is 13.2 Å². The Bertz CT molecular complexity index is 914. The van der Waals surface area contributed by atoms with Crippen LogP contribution < -0.4 is 5.32 Å². The summed E-state index contributed by atoms with van der Waals surface area (Å²) in [5.74, 6) is -0.0723. The molecular weight excluding hydrogens is 396 g/mol. The zero-order chi connectivity index (χ0) is 20.1. The minimum atomic E-state index is -3.51. The number of amides is 1. The molecule has 2 aromatic rings. The first-order chi connectivity index (χ1) is 13.4. The molecule has 0 atom stereocenters. The predicted octanol–water partition coefficient (Wildman–Crippen LogP) is 3.14. The lowest BCUT2D eigenvalue weighted by molar-refractivity contribution is -0.117. The number of sulfonamides is 1. The van der Waals surface area contributed by atoms with Gasteiger partial charge in [0.05, 0.1) is 21.7 Å². The Labute approximate surface area is 170 Å². The molecule has 0 saturated carbocycles. The minimum Gasteiger partial charge on any atom is -0.301 e. The van der Waals surface area contributed by atoms with Crippen LogP contribution in [0.15, 0.2) is 23.1 Å². The maximum absolute atomic E-state index is 12.7. The molecule has 0 unspecified atom stereocenters. The third kappa shape index (κ3) is 4.89. The molecule has 154 valence electrons. The topological polar surface area (TPSA) is 82.6 Å². The van der Waals surface area contributed by atoms with Crippen LogP contribution in [0.25, 0.3) is 10.2 Å². The van der Waals surface area contributed by atoms with Gasteiger partial charge in [0.1, 0.15) is 0 Å². The van der Waals surface area contributed by atoms with Gasteiger partial charge in [0, 0.05) is 13.1 Å². The zero-order valence-corrected chi connectivity index (χ0v) is 18.1. The highest BCUT2D eigenvalue weighted by molar-refractivity contribution is 7.89. The van der Waals surface area contributed by atoms with Crippen LogP contribution in [0, 0.1) is 0 Å². The van der Waals surface area contributed by atoms with Crippen molar-refractivity contribution in [3.8, 4) is 0 Å². The van der Waals surface area contributed by atoms with Crippen LogP contribution >= 0.6 is 11.3 Å². The molecule has 1 saturated heterocycles. The van der Waals surface area contributed by atoms with E-state index in [2.05, 4.69) is 15.2 Å². The second kappa shape index (κ2) is 9.30. The van der Waals surface area contributed by atoms with Crippen molar-refractivity contribution >= 4 is 42.6 Å². The summed E-state index contributed by atoms with van der Waals surface area (Å²) in [6, 6.07) is 4.93. The Morgan fingerprint density at radius 2 is 1.86 bits per heavy atom. The van der Waals surface area contributed by atoms with E-state index in [1.807, 2.05) is 13.8 Å². The van der Waals surface area contributed by atoms with Crippen LogP contribution in [0.1, 0.15) is 39.5 Å². The van der Waals surface area contributed by atoms with Crippen LogP contribution in [0.3, 0.4) is 0 Å². The molecule has 2 heterocycles. The van der Waals surface area contributed by atoms with E-state index in [0.29, 0.717) is 30.3 Å². The number of hydrogen-bond donors (Lipinski definition) is 1. The van der Waals surface area contributed by atoms with Gasteiger partial charge in [0.2, 0.25) is 15.9 Å². The fourth-order valence-corrected chi connectivity index (χ4v) is 5.97. The lowest BCUT2D eigenvalue weighted by Gasteiger charge is -2.18. The average molecular weight is 425 g/mol. The van der Waals surface area contributed by atoms with Gasteiger partial charge in [-0.3, -0.25) is 9.69 Å². The zero-order valence-electron chi connectivity index (χ0n) is 16.5. The third-order valence-corrected chi connectivity index (χ3v) is 7.99. The number of anilines is 1. The second-order valence-electron chi connectivity index (χ2n) is 6.98. The summed E-state index contributed by atoms with van der Waals surface area (Å²) in [4.78, 5) is 19.3. The molecule has 0 radical (unpaired) electrons. The van der Waals surface area contributed by atoms with Gasteiger partial charge in [0.25, 0.3) is 0 Å². The smallest absolute Gasteiger partial charge is 0.243 e. The van der Waals surface area contributed by atoms with Crippen molar-refractivity contribution in [2.24, 2.45) is 0 Å². The highest BCUT2D eigenvalue weighted by Crippen LogP contribution is 2.29. The first kappa shape index (κ1) is 21.2. The van der Waals surface area contributed by atoms with E-state index in [0.717, 1.165) is 30.6 Å². The Kier molecular flexibility index (Phi) is 7.03. The molecule has 1 fully saturated rings. The number of likely N-dealkylation sites (tertiary alicyclic amines) is 1. The predicted molar refractivity (Wildman–Crippen MR) is 113 cm³/mol. The molecule has 1 aromatic carbocycles. The number of thiazole rings is 1. The fraction of sp³-hybridized carbons (Fsp3) is 0.579. The van der Waals surface area contributed by atoms with Gasteiger partial charge in [-0.1, -0.05) is 38.0 Å². The lowest BCUT2D eigenvalue weighted by Crippen LogP contribution is -2.33. The maximum atomic E-state index is 12.7. The molecule has 1 N–H and O–H groups in total. The van der Waals surface area contributed by atoms with Crippen molar-refractivity contribution in [2.75, 3.05) is 38.0 Å². The monoisotopic (exact) mass is 424 g/mol. The van der Waals surface area contributed by atoms with Crippen molar-refractivity contribution in [3.05, 3.63) is 18.2 Å². The van der Waals surface area contributed by atoms with Crippen molar-refractivity contribution in [1.29, 1.82) is 0 Å². The molecule has 1 aromatic heterocycles. The van der Waals surface area contributed by atoms with E-state index in [-0.39, 0.29) is 10.8 Å². The van der Waals surface area contributed by atoms with Gasteiger partial charge in [-0.15, -0.1) is 0 Å². The molecule has 0 aliphatic carbocycles. The first-order valence-corrected chi connectivity index (χ1v) is 12.1. The van der Waals surface area contributed by atoms with Gasteiger partial charge in [0.15, 0.2) is 5.13 Å². The molecule has 3 rings (SSSR count). The Hall–Kier alpha value is -1.55. The quantitative estimate of drug-likeness (QED) is 0.738. The molecule has 28 heavy (non-hydrogen) atoms. The molecular formula is C19H28N4O3S2. The maximum Gasteiger partial charge on any atom is 0.243 e. The third-order valence-electron chi connectivity index (χ3n) is 5.02. The second-order valence-corrected chi connectivity index (χ2v) is 9.94. The number of aromatic nitrogens is 1. The highest BCUT2D eigenvalue weighted by Gasteiger charge is 2.22. The summed E-state index contributed by atoms with van der Waals surface area (Å²) in [7, 11) is -3.51. The van der Waals surface area contributed by atoms with Gasteiger partial charge < -0.3 is 5.32 Å². The van der Waals surface area contributed by atoms with Crippen LogP contribution in [-0.4, -0.2) is 61.2 Å². The lowest BCUT2D eigenvalue weighted by atomic mass is 10.2. The van der Waals surface area contributed by atoms with Gasteiger partial charge in [-0.2, -0.15) is 4.31 Å². The molecule has 1 amide bonds. The van der Waals surface area contributed by atoms with Crippen LogP contribution in [0.5, 0.6) is 0 Å². The summed E-state index contributed by atoms with van der Waals surface area (Å²) < 4.78 is 27.6. The van der Waals surface area contributed by atoms with Crippen LogP contribution in [0.4, 0.5) is 5.13 Å². The number of rotatable bonds is 7. The molecule has 0 spiro atoms. The summed E-state index contributed by atoms with van der Waals surface area (Å²) in [5.41, 5.74) is 0.688. The van der Waals surface area contributed by atoms with E-state index in [4.69, 9.17) is 0 Å². The number of fused-ring (bicyclic) bond motifs is 1. The molecule has 9 heteroatoms.